The summed E-state index contributed by atoms with van der Waals surface area (Å²) in [7, 11) is 0. The normalized spacial score (nSPS) is 29.2. The van der Waals surface area contributed by atoms with Crippen molar-refractivity contribution < 1.29 is 9.90 Å². The molecule has 1 N–H and O–H groups in total. The van der Waals surface area contributed by atoms with Crippen LogP contribution in [-0.4, -0.2) is 39.6 Å². The number of nitrogens with zero attached hydrogens (tertiary/aromatic N) is 2. The highest BCUT2D eigenvalue weighted by atomic mass is 32.1. The van der Waals surface area contributed by atoms with Gasteiger partial charge in [0.25, 0.3) is 5.91 Å². The van der Waals surface area contributed by atoms with Gasteiger partial charge in [0.05, 0.1) is 22.8 Å². The smallest absolute Gasteiger partial charge is 0.265 e. The summed E-state index contributed by atoms with van der Waals surface area (Å²) in [6.07, 6.45) is 3.40. The maximum absolute atomic E-state index is 12.9. The van der Waals surface area contributed by atoms with Crippen molar-refractivity contribution in [2.24, 2.45) is 11.8 Å². The van der Waals surface area contributed by atoms with E-state index in [0.29, 0.717) is 24.9 Å². The molecule has 122 valence electrons. The summed E-state index contributed by atoms with van der Waals surface area (Å²) in [5.74, 6) is 0.910. The molecule has 5 heteroatoms. The minimum Gasteiger partial charge on any atom is -0.387 e. The number of rotatable bonds is 3. The first kappa shape index (κ1) is 15.9. The molecule has 2 heterocycles. The lowest BCUT2D eigenvalue weighted by Gasteiger charge is -2.41. The van der Waals surface area contributed by atoms with Gasteiger partial charge in [0.1, 0.15) is 4.88 Å². The predicted molar refractivity (Wildman–Crippen MR) is 88.3 cm³/mol. The molecule has 1 aliphatic carbocycles. The van der Waals surface area contributed by atoms with Gasteiger partial charge in [-0.05, 0) is 25.7 Å². The summed E-state index contributed by atoms with van der Waals surface area (Å²) in [5.41, 5.74) is 0.137. The number of aryl methyl sites for hydroxylation is 1. The second-order valence-electron chi connectivity index (χ2n) is 7.33. The Morgan fingerprint density at radius 2 is 2.14 bits per heavy atom. The van der Waals surface area contributed by atoms with Gasteiger partial charge in [-0.25, -0.2) is 4.98 Å². The van der Waals surface area contributed by atoms with E-state index in [1.165, 1.54) is 17.8 Å². The fourth-order valence-corrected chi connectivity index (χ4v) is 4.65. The van der Waals surface area contributed by atoms with Gasteiger partial charge in [-0.2, -0.15) is 0 Å². The summed E-state index contributed by atoms with van der Waals surface area (Å²) < 4.78 is 0. The maximum atomic E-state index is 12.9. The molecule has 1 saturated heterocycles. The van der Waals surface area contributed by atoms with Gasteiger partial charge in [-0.15, -0.1) is 11.3 Å². The van der Waals surface area contributed by atoms with E-state index in [0.717, 1.165) is 28.4 Å². The average molecular weight is 322 g/mol. The van der Waals surface area contributed by atoms with Crippen LogP contribution in [0.2, 0.25) is 0 Å². The zero-order valence-corrected chi connectivity index (χ0v) is 14.7. The molecule has 2 aliphatic rings. The summed E-state index contributed by atoms with van der Waals surface area (Å²) in [6.45, 7) is 9.31. The van der Waals surface area contributed by atoms with E-state index in [1.54, 1.807) is 0 Å². The van der Waals surface area contributed by atoms with Gasteiger partial charge < -0.3 is 10.0 Å². The van der Waals surface area contributed by atoms with E-state index in [-0.39, 0.29) is 11.8 Å². The van der Waals surface area contributed by atoms with Crippen LogP contribution in [0.25, 0.3) is 0 Å². The minimum atomic E-state index is -0.687. The molecular weight excluding hydrogens is 296 g/mol. The van der Waals surface area contributed by atoms with E-state index in [1.807, 2.05) is 11.8 Å². The number of carbonyl (C=O) groups excluding carboxylic acids is 1. The highest BCUT2D eigenvalue weighted by Gasteiger charge is 2.51. The van der Waals surface area contributed by atoms with Gasteiger partial charge >= 0.3 is 0 Å². The molecule has 2 atom stereocenters. The Balaban J connectivity index is 1.79. The number of carbonyl (C=O) groups is 1. The van der Waals surface area contributed by atoms with Crippen molar-refractivity contribution in [3.05, 3.63) is 15.6 Å². The van der Waals surface area contributed by atoms with Gasteiger partial charge in [0.2, 0.25) is 0 Å². The number of hydrogen-bond acceptors (Lipinski definition) is 4. The van der Waals surface area contributed by atoms with Crippen molar-refractivity contribution in [2.45, 2.75) is 58.5 Å². The van der Waals surface area contributed by atoms with E-state index in [9.17, 15) is 9.90 Å². The lowest BCUT2D eigenvalue weighted by atomic mass is 9.69. The Morgan fingerprint density at radius 1 is 1.45 bits per heavy atom. The van der Waals surface area contributed by atoms with Crippen molar-refractivity contribution in [1.82, 2.24) is 9.88 Å². The lowest BCUT2D eigenvalue weighted by molar-refractivity contribution is -0.0660. The van der Waals surface area contributed by atoms with Gasteiger partial charge in [0, 0.05) is 18.4 Å². The molecule has 0 bridgehead atoms. The van der Waals surface area contributed by atoms with Crippen LogP contribution in [0, 0.1) is 18.8 Å². The molecule has 0 aromatic carbocycles. The Bertz CT molecular complexity index is 579. The van der Waals surface area contributed by atoms with Crippen molar-refractivity contribution in [2.75, 3.05) is 13.1 Å². The third-order valence-electron chi connectivity index (χ3n) is 5.39. The Hall–Kier alpha value is -0.940. The van der Waals surface area contributed by atoms with Crippen molar-refractivity contribution >= 4 is 17.2 Å². The van der Waals surface area contributed by atoms with Crippen LogP contribution in [0.4, 0.5) is 0 Å². The number of β-amino-alcohol motifs (C(OH)–C–C–N with tert-alkyl or cyclic N) is 1. The molecule has 1 aliphatic heterocycles. The third-order valence-corrected chi connectivity index (χ3v) is 6.84. The monoisotopic (exact) mass is 322 g/mol. The molecule has 4 nitrogen and oxygen atoms in total. The van der Waals surface area contributed by atoms with Crippen molar-refractivity contribution in [3.8, 4) is 0 Å². The molecule has 0 radical (unpaired) electrons. The SMILES string of the molecule is Cc1nc(C(C)C)sc1C(=O)N1C[C@@H](C)[C@](O)(C2CCC2)C1. The molecule has 22 heavy (non-hydrogen) atoms. The molecule has 1 saturated carbocycles. The number of likely N-dealkylation sites (tertiary alicyclic amines) is 1. The number of amides is 1. The van der Waals surface area contributed by atoms with Crippen LogP contribution in [-0.2, 0) is 0 Å². The van der Waals surface area contributed by atoms with E-state index < -0.39 is 5.60 Å². The summed E-state index contributed by atoms with van der Waals surface area (Å²) in [5, 5.41) is 12.0. The standard InChI is InChI=1S/C17H26N2O2S/c1-10(2)15-18-12(4)14(22-15)16(20)19-8-11(3)17(21,9-19)13-6-5-7-13/h10-11,13,21H,5-9H2,1-4H3/t11-,17+/m1/s1. The first-order chi connectivity index (χ1) is 10.3. The minimum absolute atomic E-state index is 0.0454. The van der Waals surface area contributed by atoms with Crippen molar-refractivity contribution in [1.29, 1.82) is 0 Å². The summed E-state index contributed by atoms with van der Waals surface area (Å²) >= 11 is 1.51. The molecule has 1 aromatic rings. The van der Waals surface area contributed by atoms with Crippen LogP contribution in [0.15, 0.2) is 0 Å². The topological polar surface area (TPSA) is 53.4 Å². The lowest BCUT2D eigenvalue weighted by Crippen LogP contribution is -2.48. The second-order valence-corrected chi connectivity index (χ2v) is 8.36. The number of aliphatic hydroxyl groups is 1. The van der Waals surface area contributed by atoms with Crippen LogP contribution >= 0.6 is 11.3 Å². The van der Waals surface area contributed by atoms with E-state index in [4.69, 9.17) is 0 Å². The van der Waals surface area contributed by atoms with E-state index in [2.05, 4.69) is 25.8 Å². The third kappa shape index (κ3) is 2.48. The molecule has 0 spiro atoms. The molecule has 1 amide bonds. The average Bonchev–Trinajstić information content (AvgIpc) is 2.89. The zero-order valence-electron chi connectivity index (χ0n) is 13.9. The van der Waals surface area contributed by atoms with Crippen LogP contribution in [0.1, 0.15) is 66.3 Å². The summed E-state index contributed by atoms with van der Waals surface area (Å²) in [6, 6.07) is 0. The molecule has 1 aromatic heterocycles. The highest BCUT2D eigenvalue weighted by molar-refractivity contribution is 7.13. The molecular formula is C17H26N2O2S. The highest BCUT2D eigenvalue weighted by Crippen LogP contribution is 2.44. The quantitative estimate of drug-likeness (QED) is 0.930. The zero-order chi connectivity index (χ0) is 16.1. The second kappa shape index (κ2) is 5.60. The fraction of sp³-hybridized carbons (Fsp3) is 0.765. The molecule has 0 unspecified atom stereocenters. The maximum Gasteiger partial charge on any atom is 0.265 e. The number of hydrogen-bond donors (Lipinski definition) is 1. The Kier molecular flexibility index (Phi) is 4.06. The first-order valence-electron chi connectivity index (χ1n) is 8.32. The van der Waals surface area contributed by atoms with E-state index >= 15 is 0 Å². The largest absolute Gasteiger partial charge is 0.387 e. The fourth-order valence-electron chi connectivity index (χ4n) is 3.62. The Labute approximate surface area is 136 Å². The van der Waals surface area contributed by atoms with Gasteiger partial charge in [-0.3, -0.25) is 4.79 Å². The summed E-state index contributed by atoms with van der Waals surface area (Å²) in [4.78, 5) is 20.0. The van der Waals surface area contributed by atoms with Crippen molar-refractivity contribution in [3.63, 3.8) is 0 Å². The first-order valence-corrected chi connectivity index (χ1v) is 9.13. The predicted octanol–water partition coefficient (Wildman–Crippen LogP) is 3.20. The van der Waals surface area contributed by atoms with Gasteiger partial charge in [-0.1, -0.05) is 27.2 Å². The number of aromatic nitrogens is 1. The van der Waals surface area contributed by atoms with Crippen LogP contribution in [0.3, 0.4) is 0 Å². The van der Waals surface area contributed by atoms with Crippen LogP contribution < -0.4 is 0 Å². The van der Waals surface area contributed by atoms with Gasteiger partial charge in [0.15, 0.2) is 0 Å². The van der Waals surface area contributed by atoms with Crippen LogP contribution in [0.5, 0.6) is 0 Å². The molecule has 2 fully saturated rings. The molecule has 3 rings (SSSR count). The number of thiazole rings is 1. The Morgan fingerprint density at radius 3 is 2.64 bits per heavy atom.